The number of nitrogens with zero attached hydrogens (tertiary/aromatic N) is 6. The standard InChI is InChI=1S/C15H9BrN6O4S/c1-21-14(8-6-7(16)2-4-10(8)23)17-18-15(21)27-11-5-3-9(22(24)25)12-13(11)20-26-19-12/h2-6,23H,1H3. The highest BCUT2D eigenvalue weighted by atomic mass is 79.9. The van der Waals surface area contributed by atoms with Gasteiger partial charge in [0.25, 0.3) is 0 Å². The number of nitro groups is 1. The lowest BCUT2D eigenvalue weighted by Crippen LogP contribution is -1.95. The van der Waals surface area contributed by atoms with Gasteiger partial charge in [-0.3, -0.25) is 10.1 Å². The van der Waals surface area contributed by atoms with Gasteiger partial charge >= 0.3 is 5.69 Å². The van der Waals surface area contributed by atoms with Gasteiger partial charge in [0.1, 0.15) is 5.75 Å². The zero-order chi connectivity index (χ0) is 19.1. The summed E-state index contributed by atoms with van der Waals surface area (Å²) in [6.07, 6.45) is 0. The predicted octanol–water partition coefficient (Wildman–Crippen LogP) is 3.55. The Hall–Kier alpha value is -2.99. The van der Waals surface area contributed by atoms with E-state index < -0.39 is 4.92 Å². The molecule has 0 atom stereocenters. The van der Waals surface area contributed by atoms with E-state index in [-0.39, 0.29) is 22.5 Å². The molecule has 0 fully saturated rings. The van der Waals surface area contributed by atoms with Crippen LogP contribution in [0.15, 0.2) is 49.5 Å². The maximum atomic E-state index is 11.1. The molecule has 4 aromatic rings. The third-order valence-corrected chi connectivity index (χ3v) is 5.37. The SMILES string of the molecule is Cn1c(Sc2ccc([N+](=O)[O-])c3nonc23)nnc1-c1cc(Br)ccc1O. The molecule has 0 saturated carbocycles. The van der Waals surface area contributed by atoms with Crippen LogP contribution >= 0.6 is 27.7 Å². The molecule has 0 saturated heterocycles. The van der Waals surface area contributed by atoms with E-state index in [2.05, 4.69) is 41.1 Å². The van der Waals surface area contributed by atoms with Gasteiger partial charge in [-0.15, -0.1) is 10.2 Å². The molecule has 2 aromatic heterocycles. The lowest BCUT2D eigenvalue weighted by atomic mass is 10.2. The maximum Gasteiger partial charge on any atom is 0.300 e. The van der Waals surface area contributed by atoms with Crippen molar-refractivity contribution in [2.45, 2.75) is 10.1 Å². The molecule has 2 aromatic carbocycles. The number of nitro benzene ring substituents is 1. The van der Waals surface area contributed by atoms with Crippen LogP contribution in [0.4, 0.5) is 5.69 Å². The molecule has 0 radical (unpaired) electrons. The molecule has 0 unspecified atom stereocenters. The Balaban J connectivity index is 1.75. The minimum Gasteiger partial charge on any atom is -0.507 e. The molecule has 136 valence electrons. The van der Waals surface area contributed by atoms with Gasteiger partial charge < -0.3 is 9.67 Å². The number of rotatable bonds is 4. The van der Waals surface area contributed by atoms with Crippen LogP contribution in [0.3, 0.4) is 0 Å². The Morgan fingerprint density at radius 1 is 1.22 bits per heavy atom. The lowest BCUT2D eigenvalue weighted by Gasteiger charge is -2.06. The van der Waals surface area contributed by atoms with Crippen molar-refractivity contribution in [2.24, 2.45) is 7.05 Å². The highest BCUT2D eigenvalue weighted by Gasteiger charge is 2.22. The molecule has 0 bridgehead atoms. The largest absolute Gasteiger partial charge is 0.507 e. The Morgan fingerprint density at radius 3 is 2.78 bits per heavy atom. The van der Waals surface area contributed by atoms with Crippen molar-refractivity contribution in [1.29, 1.82) is 0 Å². The molecule has 4 rings (SSSR count). The number of aromatic hydroxyl groups is 1. The zero-order valence-corrected chi connectivity index (χ0v) is 15.9. The van der Waals surface area contributed by atoms with Crippen molar-refractivity contribution < 1.29 is 14.7 Å². The highest BCUT2D eigenvalue weighted by Crippen LogP contribution is 2.37. The lowest BCUT2D eigenvalue weighted by molar-refractivity contribution is -0.383. The second-order valence-electron chi connectivity index (χ2n) is 5.43. The summed E-state index contributed by atoms with van der Waals surface area (Å²) < 4.78 is 7.16. The van der Waals surface area contributed by atoms with E-state index in [0.29, 0.717) is 21.4 Å². The van der Waals surface area contributed by atoms with E-state index in [1.54, 1.807) is 35.9 Å². The number of non-ortho nitro benzene ring substituents is 1. The van der Waals surface area contributed by atoms with Crippen molar-refractivity contribution in [3.8, 4) is 17.1 Å². The van der Waals surface area contributed by atoms with Crippen molar-refractivity contribution >= 4 is 44.4 Å². The Bertz CT molecular complexity index is 1190. The van der Waals surface area contributed by atoms with E-state index in [1.807, 2.05) is 0 Å². The fourth-order valence-electron chi connectivity index (χ4n) is 2.48. The van der Waals surface area contributed by atoms with Crippen LogP contribution in [0.5, 0.6) is 5.75 Å². The average molecular weight is 449 g/mol. The Morgan fingerprint density at radius 2 is 2.00 bits per heavy atom. The van der Waals surface area contributed by atoms with Crippen molar-refractivity contribution in [2.75, 3.05) is 0 Å². The number of phenols is 1. The van der Waals surface area contributed by atoms with E-state index in [9.17, 15) is 15.2 Å². The fourth-order valence-corrected chi connectivity index (χ4v) is 3.71. The van der Waals surface area contributed by atoms with Gasteiger partial charge in [-0.1, -0.05) is 15.9 Å². The number of fused-ring (bicyclic) bond motifs is 1. The van der Waals surface area contributed by atoms with Crippen LogP contribution in [-0.4, -0.2) is 35.1 Å². The molecule has 1 N–H and O–H groups in total. The molecule has 10 nitrogen and oxygen atoms in total. The maximum absolute atomic E-state index is 11.1. The molecule has 0 aliphatic rings. The Labute approximate surface area is 163 Å². The fraction of sp³-hybridized carbons (Fsp3) is 0.0667. The highest BCUT2D eigenvalue weighted by molar-refractivity contribution is 9.10. The van der Waals surface area contributed by atoms with Crippen molar-refractivity contribution in [3.63, 3.8) is 0 Å². The van der Waals surface area contributed by atoms with E-state index >= 15 is 0 Å². The first-order valence-electron chi connectivity index (χ1n) is 7.41. The molecule has 0 aliphatic carbocycles. The monoisotopic (exact) mass is 448 g/mol. The van der Waals surface area contributed by atoms with Crippen LogP contribution < -0.4 is 0 Å². The first-order valence-corrected chi connectivity index (χ1v) is 9.02. The number of benzene rings is 2. The zero-order valence-electron chi connectivity index (χ0n) is 13.5. The van der Waals surface area contributed by atoms with E-state index in [4.69, 9.17) is 0 Å². The van der Waals surface area contributed by atoms with Crippen LogP contribution in [-0.2, 0) is 7.05 Å². The molecular formula is C15H9BrN6O4S. The summed E-state index contributed by atoms with van der Waals surface area (Å²) in [5, 5.41) is 37.4. The van der Waals surface area contributed by atoms with Gasteiger partial charge in [-0.05, 0) is 46.3 Å². The number of halogens is 1. The number of hydrogen-bond donors (Lipinski definition) is 1. The minimum atomic E-state index is -0.544. The summed E-state index contributed by atoms with van der Waals surface area (Å²) in [7, 11) is 1.75. The second kappa shape index (κ2) is 6.63. The second-order valence-corrected chi connectivity index (χ2v) is 7.35. The molecule has 2 heterocycles. The summed E-state index contributed by atoms with van der Waals surface area (Å²) in [6, 6.07) is 7.91. The molecule has 12 heteroatoms. The topological polar surface area (TPSA) is 133 Å². The van der Waals surface area contributed by atoms with Crippen molar-refractivity contribution in [3.05, 3.63) is 44.9 Å². The third-order valence-electron chi connectivity index (χ3n) is 3.79. The van der Waals surface area contributed by atoms with Crippen LogP contribution in [0.2, 0.25) is 0 Å². The molecule has 0 amide bonds. The molecular weight excluding hydrogens is 440 g/mol. The number of hydrogen-bond acceptors (Lipinski definition) is 9. The van der Waals surface area contributed by atoms with Gasteiger partial charge in [0, 0.05) is 22.5 Å². The first-order chi connectivity index (χ1) is 13.0. The van der Waals surface area contributed by atoms with Gasteiger partial charge in [-0.2, -0.15) is 0 Å². The summed E-state index contributed by atoms with van der Waals surface area (Å²) in [5.74, 6) is 0.538. The Kier molecular flexibility index (Phi) is 4.28. The quantitative estimate of drug-likeness (QED) is 0.367. The van der Waals surface area contributed by atoms with Crippen LogP contribution in [0.1, 0.15) is 0 Å². The summed E-state index contributed by atoms with van der Waals surface area (Å²) in [4.78, 5) is 11.1. The van der Waals surface area contributed by atoms with Gasteiger partial charge in [0.2, 0.25) is 5.52 Å². The summed E-state index contributed by atoms with van der Waals surface area (Å²) in [6.45, 7) is 0. The van der Waals surface area contributed by atoms with Crippen LogP contribution in [0, 0.1) is 10.1 Å². The molecule has 27 heavy (non-hydrogen) atoms. The van der Waals surface area contributed by atoms with Crippen LogP contribution in [0.25, 0.3) is 22.4 Å². The smallest absolute Gasteiger partial charge is 0.300 e. The predicted molar refractivity (Wildman–Crippen MR) is 98.4 cm³/mol. The van der Waals surface area contributed by atoms with Crippen molar-refractivity contribution in [1.82, 2.24) is 25.1 Å². The number of phenolic OH excluding ortho intramolecular Hbond substituents is 1. The third kappa shape index (κ3) is 3.02. The minimum absolute atomic E-state index is 0.0667. The van der Waals surface area contributed by atoms with Gasteiger partial charge in [0.15, 0.2) is 16.5 Å². The molecule has 0 spiro atoms. The average Bonchev–Trinajstić information content (AvgIpc) is 3.25. The summed E-state index contributed by atoms with van der Waals surface area (Å²) in [5.41, 5.74) is 0.664. The van der Waals surface area contributed by atoms with E-state index in [0.717, 1.165) is 4.47 Å². The summed E-state index contributed by atoms with van der Waals surface area (Å²) >= 11 is 4.57. The first kappa shape index (κ1) is 17.4. The van der Waals surface area contributed by atoms with Gasteiger partial charge in [0.05, 0.1) is 10.5 Å². The van der Waals surface area contributed by atoms with Gasteiger partial charge in [-0.25, -0.2) is 4.63 Å². The normalized spacial score (nSPS) is 11.2. The van der Waals surface area contributed by atoms with E-state index in [1.165, 1.54) is 17.8 Å². The number of aromatic nitrogens is 5. The molecule has 0 aliphatic heterocycles.